The molecule has 0 N–H and O–H groups in total. The van der Waals surface area contributed by atoms with E-state index in [0.717, 1.165) is 11.8 Å². The number of benzene rings is 2. The van der Waals surface area contributed by atoms with Crippen LogP contribution in [-0.4, -0.2) is 17.6 Å². The van der Waals surface area contributed by atoms with Crippen molar-refractivity contribution in [3.8, 4) is 16.9 Å². The molecule has 0 aliphatic heterocycles. The molecular weight excluding hydrogens is 331 g/mol. The molecule has 128 valence electrons. The quantitative estimate of drug-likeness (QED) is 0.635. The van der Waals surface area contributed by atoms with Crippen LogP contribution in [-0.2, 0) is 11.2 Å². The number of ether oxygens (including phenoxy) is 1. The zero-order valence-electron chi connectivity index (χ0n) is 13.3. The van der Waals surface area contributed by atoms with E-state index < -0.39 is 6.36 Å². The van der Waals surface area contributed by atoms with Gasteiger partial charge in [0.05, 0.1) is 5.52 Å². The van der Waals surface area contributed by atoms with Gasteiger partial charge in [-0.3, -0.25) is 4.98 Å². The van der Waals surface area contributed by atoms with Crippen molar-refractivity contribution in [2.24, 2.45) is 0 Å². The van der Waals surface area contributed by atoms with Gasteiger partial charge in [-0.2, -0.15) is 0 Å². The normalized spacial score (nSPS) is 11.5. The second-order valence-electron chi connectivity index (χ2n) is 5.51. The molecular formula is C19H14F3NO2. The molecule has 0 saturated heterocycles. The topological polar surface area (TPSA) is 39.2 Å². The van der Waals surface area contributed by atoms with E-state index in [1.807, 2.05) is 30.3 Å². The molecule has 0 bridgehead atoms. The number of fused-ring (bicyclic) bond motifs is 1. The molecule has 0 radical (unpaired) electrons. The number of nitrogens with zero attached hydrogens (tertiary/aromatic N) is 1. The van der Waals surface area contributed by atoms with Crippen LogP contribution in [0.3, 0.4) is 0 Å². The molecule has 3 nitrogen and oxygen atoms in total. The molecule has 0 spiro atoms. The fourth-order valence-electron chi connectivity index (χ4n) is 2.87. The average molecular weight is 345 g/mol. The lowest BCUT2D eigenvalue weighted by molar-refractivity contribution is -0.274. The number of carbonyl (C=O) groups is 1. The standard InChI is InChI=1S/C19H14F3NO2/c1-12-15(9-10-24)18(13-5-3-2-4-6-13)16-11-14(25-19(20,21)22)7-8-17(16)23-12/h2-8,10-11H,9H2,1H3. The summed E-state index contributed by atoms with van der Waals surface area (Å²) in [5.74, 6) is -0.320. The second-order valence-corrected chi connectivity index (χ2v) is 5.51. The Bertz CT molecular complexity index is 921. The predicted octanol–water partition coefficient (Wildman–Crippen LogP) is 4.85. The number of hydrogen-bond donors (Lipinski definition) is 0. The van der Waals surface area contributed by atoms with Gasteiger partial charge in [-0.25, -0.2) is 0 Å². The molecule has 2 aromatic carbocycles. The molecule has 6 heteroatoms. The first-order valence-corrected chi connectivity index (χ1v) is 7.57. The van der Waals surface area contributed by atoms with Crippen molar-refractivity contribution in [3.05, 3.63) is 59.8 Å². The molecule has 0 aliphatic carbocycles. The van der Waals surface area contributed by atoms with Crippen molar-refractivity contribution in [3.63, 3.8) is 0 Å². The first-order valence-electron chi connectivity index (χ1n) is 7.57. The molecule has 0 saturated carbocycles. The van der Waals surface area contributed by atoms with Gasteiger partial charge in [-0.15, -0.1) is 13.2 Å². The number of aromatic nitrogens is 1. The summed E-state index contributed by atoms with van der Waals surface area (Å²) in [6, 6.07) is 13.2. The van der Waals surface area contributed by atoms with Crippen molar-refractivity contribution < 1.29 is 22.7 Å². The number of halogens is 3. The molecule has 3 rings (SSSR count). The Morgan fingerprint density at radius 2 is 1.84 bits per heavy atom. The molecule has 0 aliphatic rings. The van der Waals surface area contributed by atoms with Crippen molar-refractivity contribution in [2.75, 3.05) is 0 Å². The molecule has 0 fully saturated rings. The SMILES string of the molecule is Cc1nc2ccc(OC(F)(F)F)cc2c(-c2ccccc2)c1CC=O. The van der Waals surface area contributed by atoms with E-state index in [2.05, 4.69) is 9.72 Å². The van der Waals surface area contributed by atoms with Crippen LogP contribution in [0.25, 0.3) is 22.0 Å². The molecule has 0 atom stereocenters. The summed E-state index contributed by atoms with van der Waals surface area (Å²) in [5, 5.41) is 0.510. The summed E-state index contributed by atoms with van der Waals surface area (Å²) < 4.78 is 41.7. The molecule has 1 heterocycles. The number of alkyl halides is 3. The Morgan fingerprint density at radius 1 is 1.12 bits per heavy atom. The molecule has 0 unspecified atom stereocenters. The highest BCUT2D eigenvalue weighted by Crippen LogP contribution is 2.36. The third-order valence-corrected chi connectivity index (χ3v) is 3.85. The first-order chi connectivity index (χ1) is 11.9. The van der Waals surface area contributed by atoms with Gasteiger partial charge >= 0.3 is 6.36 Å². The third kappa shape index (κ3) is 3.63. The lowest BCUT2D eigenvalue weighted by Crippen LogP contribution is -2.17. The summed E-state index contributed by atoms with van der Waals surface area (Å²) in [5.41, 5.74) is 3.41. The van der Waals surface area contributed by atoms with Gasteiger partial charge in [0.25, 0.3) is 0 Å². The smallest absolute Gasteiger partial charge is 0.406 e. The second kappa shape index (κ2) is 6.55. The van der Waals surface area contributed by atoms with Crippen molar-refractivity contribution in [1.29, 1.82) is 0 Å². The van der Waals surface area contributed by atoms with Crippen LogP contribution < -0.4 is 4.74 Å². The minimum absolute atomic E-state index is 0.128. The van der Waals surface area contributed by atoms with Crippen LogP contribution in [0, 0.1) is 6.92 Å². The molecule has 3 aromatic rings. The fraction of sp³-hybridized carbons (Fsp3) is 0.158. The van der Waals surface area contributed by atoms with E-state index in [0.29, 0.717) is 27.7 Å². The van der Waals surface area contributed by atoms with E-state index in [9.17, 15) is 18.0 Å². The largest absolute Gasteiger partial charge is 0.573 e. The minimum Gasteiger partial charge on any atom is -0.406 e. The number of pyridine rings is 1. The Morgan fingerprint density at radius 3 is 2.48 bits per heavy atom. The highest BCUT2D eigenvalue weighted by Gasteiger charge is 2.31. The molecule has 0 amide bonds. The lowest BCUT2D eigenvalue weighted by atomic mass is 9.93. The Hall–Kier alpha value is -2.89. The molecule has 25 heavy (non-hydrogen) atoms. The highest BCUT2D eigenvalue weighted by atomic mass is 19.4. The third-order valence-electron chi connectivity index (χ3n) is 3.85. The Balaban J connectivity index is 2.31. The zero-order valence-corrected chi connectivity index (χ0v) is 13.3. The maximum Gasteiger partial charge on any atom is 0.573 e. The van der Waals surface area contributed by atoms with E-state index in [1.165, 1.54) is 18.2 Å². The van der Waals surface area contributed by atoms with Gasteiger partial charge < -0.3 is 9.53 Å². The zero-order chi connectivity index (χ0) is 18.0. The Labute approximate surface area is 142 Å². The molecule has 1 aromatic heterocycles. The van der Waals surface area contributed by atoms with E-state index in [4.69, 9.17) is 0 Å². The minimum atomic E-state index is -4.77. The monoisotopic (exact) mass is 345 g/mol. The van der Waals surface area contributed by atoms with Crippen LogP contribution in [0.15, 0.2) is 48.5 Å². The van der Waals surface area contributed by atoms with E-state index >= 15 is 0 Å². The van der Waals surface area contributed by atoms with Gasteiger partial charge in [0, 0.05) is 17.5 Å². The number of hydrogen-bond acceptors (Lipinski definition) is 3. The summed E-state index contributed by atoms with van der Waals surface area (Å²) in [6.07, 6.45) is -3.88. The summed E-state index contributed by atoms with van der Waals surface area (Å²) in [4.78, 5) is 15.5. The predicted molar refractivity (Wildman–Crippen MR) is 88.4 cm³/mol. The number of aryl methyl sites for hydroxylation is 1. The van der Waals surface area contributed by atoms with Gasteiger partial charge in [-0.1, -0.05) is 30.3 Å². The lowest BCUT2D eigenvalue weighted by Gasteiger charge is -2.16. The highest BCUT2D eigenvalue weighted by molar-refractivity contribution is 5.98. The van der Waals surface area contributed by atoms with E-state index in [-0.39, 0.29) is 12.2 Å². The first kappa shape index (κ1) is 17.0. The fourth-order valence-corrected chi connectivity index (χ4v) is 2.87. The number of carbonyl (C=O) groups excluding carboxylic acids is 1. The van der Waals surface area contributed by atoms with Gasteiger partial charge in [0.2, 0.25) is 0 Å². The van der Waals surface area contributed by atoms with Crippen molar-refractivity contribution >= 4 is 17.2 Å². The van der Waals surface area contributed by atoms with Gasteiger partial charge in [-0.05, 0) is 41.8 Å². The number of rotatable bonds is 4. The van der Waals surface area contributed by atoms with Crippen molar-refractivity contribution in [1.82, 2.24) is 4.98 Å². The maximum atomic E-state index is 12.5. The van der Waals surface area contributed by atoms with Crippen LogP contribution >= 0.6 is 0 Å². The summed E-state index contributed by atoms with van der Waals surface area (Å²) >= 11 is 0. The Kier molecular flexibility index (Phi) is 4.44. The van der Waals surface area contributed by atoms with Crippen LogP contribution in [0.5, 0.6) is 5.75 Å². The van der Waals surface area contributed by atoms with Crippen LogP contribution in [0.1, 0.15) is 11.3 Å². The number of aldehydes is 1. The van der Waals surface area contributed by atoms with Crippen molar-refractivity contribution in [2.45, 2.75) is 19.7 Å². The van der Waals surface area contributed by atoms with Gasteiger partial charge in [0.1, 0.15) is 12.0 Å². The van der Waals surface area contributed by atoms with Crippen LogP contribution in [0.4, 0.5) is 13.2 Å². The van der Waals surface area contributed by atoms with Gasteiger partial charge in [0.15, 0.2) is 0 Å². The summed E-state index contributed by atoms with van der Waals surface area (Å²) in [6.45, 7) is 1.78. The van der Waals surface area contributed by atoms with Crippen LogP contribution in [0.2, 0.25) is 0 Å². The summed E-state index contributed by atoms with van der Waals surface area (Å²) in [7, 11) is 0. The maximum absolute atomic E-state index is 12.5. The van der Waals surface area contributed by atoms with E-state index in [1.54, 1.807) is 6.92 Å². The average Bonchev–Trinajstić information content (AvgIpc) is 2.55.